The quantitative estimate of drug-likeness (QED) is 0.906. The zero-order valence-electron chi connectivity index (χ0n) is 12.2. The number of likely N-dealkylation sites (tertiary alicyclic amines) is 1. The van der Waals surface area contributed by atoms with Gasteiger partial charge in [0.05, 0.1) is 17.1 Å². The first-order valence-corrected chi connectivity index (χ1v) is 8.06. The van der Waals surface area contributed by atoms with E-state index < -0.39 is 5.97 Å². The molecular formula is C15H17N3O3S. The largest absolute Gasteiger partial charge is 0.481 e. The number of carboxylic acid groups (broad SMARTS) is 1. The van der Waals surface area contributed by atoms with Crippen molar-refractivity contribution in [2.45, 2.75) is 32.2 Å². The summed E-state index contributed by atoms with van der Waals surface area (Å²) >= 11 is 1.56. The fourth-order valence-corrected chi connectivity index (χ4v) is 3.46. The number of H-pyrrole nitrogens is 1. The zero-order valence-corrected chi connectivity index (χ0v) is 13.0. The fourth-order valence-electron chi connectivity index (χ4n) is 2.83. The van der Waals surface area contributed by atoms with Gasteiger partial charge in [0.2, 0.25) is 0 Å². The number of aryl methyl sites for hydroxylation is 1. The molecule has 0 saturated carbocycles. The highest BCUT2D eigenvalue weighted by atomic mass is 32.1. The van der Waals surface area contributed by atoms with E-state index in [-0.39, 0.29) is 18.4 Å². The Balaban J connectivity index is 1.78. The van der Waals surface area contributed by atoms with Gasteiger partial charge in [-0.25, -0.2) is 4.98 Å². The Morgan fingerprint density at radius 3 is 3.05 bits per heavy atom. The molecule has 0 spiro atoms. The third-order valence-electron chi connectivity index (χ3n) is 3.88. The smallest absolute Gasteiger partial charge is 0.305 e. The van der Waals surface area contributed by atoms with Crippen molar-refractivity contribution >= 4 is 23.2 Å². The van der Waals surface area contributed by atoms with Crippen LogP contribution in [0, 0.1) is 6.92 Å². The first-order valence-electron chi connectivity index (χ1n) is 7.18. The normalized spacial score (nSPS) is 17.9. The summed E-state index contributed by atoms with van der Waals surface area (Å²) in [5.74, 6) is -1.00. The molecule has 3 rings (SSSR count). The third kappa shape index (κ3) is 2.89. The van der Waals surface area contributed by atoms with Gasteiger partial charge in [-0.2, -0.15) is 0 Å². The number of aliphatic carboxylic acids is 1. The Morgan fingerprint density at radius 1 is 1.55 bits per heavy atom. The monoisotopic (exact) mass is 319 g/mol. The molecule has 0 bridgehead atoms. The van der Waals surface area contributed by atoms with E-state index in [1.54, 1.807) is 28.5 Å². The van der Waals surface area contributed by atoms with E-state index in [2.05, 4.69) is 9.97 Å². The summed E-state index contributed by atoms with van der Waals surface area (Å²) in [6.45, 7) is 2.55. The molecule has 0 aromatic carbocycles. The number of carbonyl (C=O) groups excluding carboxylic acids is 1. The molecule has 1 unspecified atom stereocenters. The molecule has 0 aliphatic carbocycles. The van der Waals surface area contributed by atoms with Crippen molar-refractivity contribution in [2.24, 2.45) is 0 Å². The number of hydrogen-bond acceptors (Lipinski definition) is 4. The topological polar surface area (TPSA) is 86.3 Å². The number of aromatic amines is 1. The molecule has 6 nitrogen and oxygen atoms in total. The maximum atomic E-state index is 12.6. The first kappa shape index (κ1) is 14.8. The molecule has 3 heterocycles. The molecule has 1 amide bonds. The van der Waals surface area contributed by atoms with Crippen molar-refractivity contribution in [3.05, 3.63) is 28.3 Å². The summed E-state index contributed by atoms with van der Waals surface area (Å²) < 4.78 is 0. The second-order valence-electron chi connectivity index (χ2n) is 5.45. The summed E-state index contributed by atoms with van der Waals surface area (Å²) in [6.07, 6.45) is 3.37. The van der Waals surface area contributed by atoms with Crippen LogP contribution in [-0.4, -0.2) is 44.4 Å². The van der Waals surface area contributed by atoms with Gasteiger partial charge in [-0.3, -0.25) is 9.59 Å². The van der Waals surface area contributed by atoms with Crippen molar-refractivity contribution in [3.63, 3.8) is 0 Å². The van der Waals surface area contributed by atoms with Crippen molar-refractivity contribution < 1.29 is 14.7 Å². The third-order valence-corrected chi connectivity index (χ3v) is 4.65. The molecule has 116 valence electrons. The summed E-state index contributed by atoms with van der Waals surface area (Å²) in [7, 11) is 0. The predicted molar refractivity (Wildman–Crippen MR) is 82.9 cm³/mol. The van der Waals surface area contributed by atoms with Crippen molar-refractivity contribution in [2.75, 3.05) is 6.54 Å². The van der Waals surface area contributed by atoms with Crippen molar-refractivity contribution in [1.82, 2.24) is 14.9 Å². The number of rotatable bonds is 4. The van der Waals surface area contributed by atoms with Gasteiger partial charge in [0.1, 0.15) is 5.69 Å². The van der Waals surface area contributed by atoms with E-state index in [4.69, 9.17) is 5.11 Å². The number of amides is 1. The van der Waals surface area contributed by atoms with Crippen molar-refractivity contribution in [3.8, 4) is 11.3 Å². The van der Waals surface area contributed by atoms with Crippen LogP contribution in [0.4, 0.5) is 0 Å². The van der Waals surface area contributed by atoms with Gasteiger partial charge in [0.15, 0.2) is 0 Å². The molecule has 1 atom stereocenters. The highest BCUT2D eigenvalue weighted by Gasteiger charge is 2.31. The van der Waals surface area contributed by atoms with Gasteiger partial charge in [0, 0.05) is 29.7 Å². The average Bonchev–Trinajstić information content (AvgIpc) is 3.16. The molecule has 2 N–H and O–H groups in total. The van der Waals surface area contributed by atoms with Crippen LogP contribution in [0.2, 0.25) is 0 Å². The van der Waals surface area contributed by atoms with E-state index in [1.807, 2.05) is 12.3 Å². The number of carbonyl (C=O) groups is 2. The van der Waals surface area contributed by atoms with Gasteiger partial charge in [0.25, 0.3) is 5.91 Å². The Kier molecular flexibility index (Phi) is 3.98. The Hall–Kier alpha value is -2.15. The lowest BCUT2D eigenvalue weighted by molar-refractivity contribution is -0.137. The zero-order chi connectivity index (χ0) is 15.7. The minimum absolute atomic E-state index is 0.00455. The Bertz CT molecular complexity index is 706. The van der Waals surface area contributed by atoms with E-state index in [1.165, 1.54) is 0 Å². The number of thiazole rings is 1. The Labute approximate surface area is 131 Å². The Morgan fingerprint density at radius 2 is 2.36 bits per heavy atom. The van der Waals surface area contributed by atoms with Gasteiger partial charge < -0.3 is 15.0 Å². The number of carboxylic acids is 1. The van der Waals surface area contributed by atoms with Crippen LogP contribution in [0.1, 0.15) is 34.8 Å². The van der Waals surface area contributed by atoms with Crippen molar-refractivity contribution in [1.29, 1.82) is 0 Å². The van der Waals surface area contributed by atoms with E-state index in [9.17, 15) is 9.59 Å². The molecule has 1 aliphatic rings. The van der Waals surface area contributed by atoms with Crippen LogP contribution >= 0.6 is 11.3 Å². The van der Waals surface area contributed by atoms with Crippen LogP contribution in [0.25, 0.3) is 11.3 Å². The molecule has 2 aromatic heterocycles. The minimum Gasteiger partial charge on any atom is -0.481 e. The number of nitrogens with zero attached hydrogens (tertiary/aromatic N) is 2. The van der Waals surface area contributed by atoms with E-state index in [0.29, 0.717) is 12.2 Å². The van der Waals surface area contributed by atoms with Gasteiger partial charge >= 0.3 is 5.97 Å². The second-order valence-corrected chi connectivity index (χ2v) is 6.51. The molecule has 0 radical (unpaired) electrons. The van der Waals surface area contributed by atoms with Gasteiger partial charge in [-0.05, 0) is 25.8 Å². The first-order chi connectivity index (χ1) is 10.5. The highest BCUT2D eigenvalue weighted by Crippen LogP contribution is 2.25. The molecule has 1 fully saturated rings. The molecule has 22 heavy (non-hydrogen) atoms. The lowest BCUT2D eigenvalue weighted by Crippen LogP contribution is -2.37. The van der Waals surface area contributed by atoms with E-state index >= 15 is 0 Å². The molecule has 7 heteroatoms. The molecular weight excluding hydrogens is 302 g/mol. The standard InChI is InChI=1S/C15H17N3O3S/c1-9-17-13(8-22-9)10-5-12(16-7-10)15(21)18-4-2-3-11(18)6-14(19)20/h5,7-8,11,16H,2-4,6H2,1H3,(H,19,20). The SMILES string of the molecule is Cc1nc(-c2c[nH]c(C(=O)N3CCCC3CC(=O)O)c2)cs1. The molecule has 1 saturated heterocycles. The number of nitrogens with one attached hydrogen (secondary N) is 1. The summed E-state index contributed by atoms with van der Waals surface area (Å²) in [5, 5.41) is 11.9. The lowest BCUT2D eigenvalue weighted by Gasteiger charge is -2.22. The van der Waals surface area contributed by atoms with Gasteiger partial charge in [-0.1, -0.05) is 0 Å². The van der Waals surface area contributed by atoms with Crippen LogP contribution < -0.4 is 0 Å². The highest BCUT2D eigenvalue weighted by molar-refractivity contribution is 7.09. The maximum Gasteiger partial charge on any atom is 0.305 e. The predicted octanol–water partition coefficient (Wildman–Crippen LogP) is 2.53. The second kappa shape index (κ2) is 5.92. The molecule has 1 aliphatic heterocycles. The number of hydrogen-bond donors (Lipinski definition) is 2. The van der Waals surface area contributed by atoms with Crippen LogP contribution in [0.5, 0.6) is 0 Å². The summed E-state index contributed by atoms with van der Waals surface area (Å²) in [6, 6.07) is 1.57. The van der Waals surface area contributed by atoms with Crippen LogP contribution in [0.3, 0.4) is 0 Å². The van der Waals surface area contributed by atoms with Crippen LogP contribution in [0.15, 0.2) is 17.6 Å². The number of aromatic nitrogens is 2. The fraction of sp³-hybridized carbons (Fsp3) is 0.400. The molecule has 2 aromatic rings. The van der Waals surface area contributed by atoms with E-state index in [0.717, 1.165) is 29.1 Å². The van der Waals surface area contributed by atoms with Gasteiger partial charge in [-0.15, -0.1) is 11.3 Å². The summed E-state index contributed by atoms with van der Waals surface area (Å²) in [4.78, 5) is 32.5. The lowest BCUT2D eigenvalue weighted by atomic mass is 10.1. The minimum atomic E-state index is -0.866. The van der Waals surface area contributed by atoms with Crippen LogP contribution in [-0.2, 0) is 4.79 Å². The summed E-state index contributed by atoms with van der Waals surface area (Å²) in [5.41, 5.74) is 2.21. The average molecular weight is 319 g/mol. The maximum absolute atomic E-state index is 12.6.